The highest BCUT2D eigenvalue weighted by Gasteiger charge is 2.41. The lowest BCUT2D eigenvalue weighted by Gasteiger charge is -2.15. The standard InChI is InChI=1S/C8H10O2.C6H14O3/c1-2-6-7(10-6)3-5(1)8-4-9-8;1-2-5(3-7)6(9)4-8/h5,8H,1-4H2;5-9H,2-4H2,1H3. The minimum Gasteiger partial charge on any atom is -0.459 e. The van der Waals surface area contributed by atoms with E-state index in [1.165, 1.54) is 24.4 Å². The van der Waals surface area contributed by atoms with Crippen molar-refractivity contribution in [3.05, 3.63) is 11.5 Å². The molecule has 2 heterocycles. The van der Waals surface area contributed by atoms with Crippen LogP contribution in [0.5, 0.6) is 0 Å². The molecule has 3 aliphatic rings. The Morgan fingerprint density at radius 1 is 1.26 bits per heavy atom. The molecule has 5 heteroatoms. The van der Waals surface area contributed by atoms with Crippen molar-refractivity contribution in [3.8, 4) is 0 Å². The van der Waals surface area contributed by atoms with Gasteiger partial charge in [-0.2, -0.15) is 0 Å². The number of allylic oxidation sites excluding steroid dienone is 2. The van der Waals surface area contributed by atoms with E-state index in [9.17, 15) is 0 Å². The van der Waals surface area contributed by atoms with Gasteiger partial charge in [0.15, 0.2) is 0 Å². The van der Waals surface area contributed by atoms with Crippen molar-refractivity contribution in [3.63, 3.8) is 0 Å². The van der Waals surface area contributed by atoms with Crippen molar-refractivity contribution in [1.29, 1.82) is 0 Å². The summed E-state index contributed by atoms with van der Waals surface area (Å²) in [5, 5.41) is 25.9. The second-order valence-corrected chi connectivity index (χ2v) is 5.42. The molecule has 0 saturated carbocycles. The lowest BCUT2D eigenvalue weighted by atomic mass is 9.92. The van der Waals surface area contributed by atoms with Crippen molar-refractivity contribution in [1.82, 2.24) is 0 Å². The summed E-state index contributed by atoms with van der Waals surface area (Å²) in [6.45, 7) is 2.53. The SMILES string of the molecule is C1CC(C2CO2)CC2=C1O2.CCC(CO)C(O)CO. The highest BCUT2D eigenvalue weighted by atomic mass is 16.6. The second-order valence-electron chi connectivity index (χ2n) is 5.42. The fraction of sp³-hybridized carbons (Fsp3) is 0.857. The third kappa shape index (κ3) is 4.18. The van der Waals surface area contributed by atoms with Crippen molar-refractivity contribution < 1.29 is 24.8 Å². The maximum atomic E-state index is 8.91. The quantitative estimate of drug-likeness (QED) is 0.644. The molecule has 0 aromatic carbocycles. The Kier molecular flexibility index (Phi) is 5.21. The van der Waals surface area contributed by atoms with Crippen molar-refractivity contribution in [2.24, 2.45) is 11.8 Å². The fourth-order valence-electron chi connectivity index (χ4n) is 2.44. The molecule has 0 bridgehead atoms. The number of aliphatic hydroxyl groups excluding tert-OH is 3. The minimum absolute atomic E-state index is 0.0573. The Hall–Kier alpha value is -0.620. The Bertz CT molecular complexity index is 320. The van der Waals surface area contributed by atoms with E-state index in [1.54, 1.807) is 0 Å². The van der Waals surface area contributed by atoms with Gasteiger partial charge in [0, 0.05) is 25.4 Å². The summed E-state index contributed by atoms with van der Waals surface area (Å²) in [5.41, 5.74) is 0. The third-order valence-electron chi connectivity index (χ3n) is 4.08. The first-order chi connectivity index (χ1) is 9.19. The van der Waals surface area contributed by atoms with Gasteiger partial charge in [-0.15, -0.1) is 0 Å². The minimum atomic E-state index is -0.764. The molecule has 1 saturated heterocycles. The number of hydrogen-bond acceptors (Lipinski definition) is 5. The summed E-state index contributed by atoms with van der Waals surface area (Å²) in [7, 11) is 0. The van der Waals surface area contributed by atoms with Gasteiger partial charge in [0.2, 0.25) is 0 Å². The van der Waals surface area contributed by atoms with Crippen LogP contribution in [0.4, 0.5) is 0 Å². The van der Waals surface area contributed by atoms with Crippen LogP contribution in [0.15, 0.2) is 11.5 Å². The van der Waals surface area contributed by atoms with E-state index in [-0.39, 0.29) is 19.1 Å². The largest absolute Gasteiger partial charge is 0.459 e. The Labute approximate surface area is 113 Å². The molecule has 2 aliphatic heterocycles. The van der Waals surface area contributed by atoms with E-state index in [0.29, 0.717) is 12.5 Å². The van der Waals surface area contributed by atoms with Crippen LogP contribution < -0.4 is 0 Å². The predicted molar refractivity (Wildman–Crippen MR) is 69.2 cm³/mol. The number of ether oxygens (including phenoxy) is 2. The summed E-state index contributed by atoms with van der Waals surface area (Å²) in [5.74, 6) is 3.15. The van der Waals surface area contributed by atoms with Crippen LogP contribution in [0.2, 0.25) is 0 Å². The highest BCUT2D eigenvalue weighted by Crippen LogP contribution is 2.45. The average Bonchev–Trinajstić information content (AvgIpc) is 3.31. The van der Waals surface area contributed by atoms with Gasteiger partial charge in [-0.1, -0.05) is 6.92 Å². The summed E-state index contributed by atoms with van der Waals surface area (Å²) in [6, 6.07) is 0. The monoisotopic (exact) mass is 272 g/mol. The number of aliphatic hydroxyl groups is 3. The van der Waals surface area contributed by atoms with Crippen LogP contribution in [0.1, 0.15) is 32.6 Å². The maximum Gasteiger partial charge on any atom is 0.142 e. The summed E-state index contributed by atoms with van der Waals surface area (Å²) < 4.78 is 10.5. The first-order valence-electron chi connectivity index (χ1n) is 7.10. The average molecular weight is 272 g/mol. The second kappa shape index (κ2) is 6.70. The van der Waals surface area contributed by atoms with Crippen LogP contribution in [-0.2, 0) is 9.47 Å². The first kappa shape index (κ1) is 14.8. The van der Waals surface area contributed by atoms with E-state index in [1.807, 2.05) is 6.92 Å². The lowest BCUT2D eigenvalue weighted by molar-refractivity contribution is 0.0212. The molecule has 3 rings (SSSR count). The van der Waals surface area contributed by atoms with Crippen LogP contribution in [0, 0.1) is 11.8 Å². The molecule has 1 fully saturated rings. The van der Waals surface area contributed by atoms with Gasteiger partial charge in [0.05, 0.1) is 25.4 Å². The predicted octanol–water partition coefficient (Wildman–Crippen LogP) is 0.785. The highest BCUT2D eigenvalue weighted by molar-refractivity contribution is 5.21. The van der Waals surface area contributed by atoms with Crippen molar-refractivity contribution >= 4 is 0 Å². The molecule has 3 N–H and O–H groups in total. The van der Waals surface area contributed by atoms with E-state index in [0.717, 1.165) is 18.9 Å². The summed E-state index contributed by atoms with van der Waals surface area (Å²) >= 11 is 0. The van der Waals surface area contributed by atoms with Gasteiger partial charge in [0.1, 0.15) is 11.5 Å². The Morgan fingerprint density at radius 3 is 2.42 bits per heavy atom. The van der Waals surface area contributed by atoms with Gasteiger partial charge in [0.25, 0.3) is 0 Å². The lowest BCUT2D eigenvalue weighted by Crippen LogP contribution is -2.26. The van der Waals surface area contributed by atoms with E-state index in [4.69, 9.17) is 24.8 Å². The first-order valence-corrected chi connectivity index (χ1v) is 7.10. The van der Waals surface area contributed by atoms with Crippen molar-refractivity contribution in [2.45, 2.75) is 44.8 Å². The zero-order chi connectivity index (χ0) is 13.8. The van der Waals surface area contributed by atoms with Gasteiger partial charge < -0.3 is 24.8 Å². The zero-order valence-corrected chi connectivity index (χ0v) is 11.4. The summed E-state index contributed by atoms with van der Waals surface area (Å²) in [4.78, 5) is 0. The Morgan fingerprint density at radius 2 is 2.00 bits per heavy atom. The molecule has 0 spiro atoms. The van der Waals surface area contributed by atoms with Crippen LogP contribution in [-0.4, -0.2) is 47.3 Å². The number of epoxide rings is 1. The molecule has 0 aromatic heterocycles. The molecule has 0 radical (unpaired) electrons. The van der Waals surface area contributed by atoms with Gasteiger partial charge in [-0.05, 0) is 18.8 Å². The molecule has 1 aliphatic carbocycles. The van der Waals surface area contributed by atoms with Crippen LogP contribution in [0.25, 0.3) is 0 Å². The summed E-state index contributed by atoms with van der Waals surface area (Å²) in [6.07, 6.45) is 4.11. The number of hydrogen-bond donors (Lipinski definition) is 3. The van der Waals surface area contributed by atoms with Crippen molar-refractivity contribution in [2.75, 3.05) is 19.8 Å². The van der Waals surface area contributed by atoms with E-state index >= 15 is 0 Å². The van der Waals surface area contributed by atoms with E-state index in [2.05, 4.69) is 0 Å². The molecular formula is C14H24O5. The molecule has 4 unspecified atom stereocenters. The maximum absolute atomic E-state index is 8.91. The van der Waals surface area contributed by atoms with Gasteiger partial charge in [-0.25, -0.2) is 0 Å². The smallest absolute Gasteiger partial charge is 0.142 e. The Balaban J connectivity index is 0.000000142. The molecular weight excluding hydrogens is 248 g/mol. The zero-order valence-electron chi connectivity index (χ0n) is 11.4. The molecule has 19 heavy (non-hydrogen) atoms. The molecule has 0 aromatic rings. The van der Waals surface area contributed by atoms with Crippen LogP contribution >= 0.6 is 0 Å². The molecule has 5 nitrogen and oxygen atoms in total. The third-order valence-corrected chi connectivity index (χ3v) is 4.08. The molecule has 0 amide bonds. The topological polar surface area (TPSA) is 85.8 Å². The van der Waals surface area contributed by atoms with Gasteiger partial charge in [-0.3, -0.25) is 0 Å². The van der Waals surface area contributed by atoms with Gasteiger partial charge >= 0.3 is 0 Å². The fourth-order valence-corrected chi connectivity index (χ4v) is 2.44. The molecule has 110 valence electrons. The van der Waals surface area contributed by atoms with E-state index < -0.39 is 6.10 Å². The van der Waals surface area contributed by atoms with Crippen LogP contribution in [0.3, 0.4) is 0 Å². The normalized spacial score (nSPS) is 30.5. The number of rotatable bonds is 5. The molecule has 4 atom stereocenters.